The molecule has 0 heterocycles. The molecule has 7 heteroatoms. The Morgan fingerprint density at radius 1 is 1.56 bits per heavy atom. The SMILES string of the molecule is CC(O)CNS(=O)(=O)c1ccc(F)cc1Cl. The number of rotatable bonds is 4. The van der Waals surface area contributed by atoms with Crippen molar-refractivity contribution in [2.24, 2.45) is 0 Å². The monoisotopic (exact) mass is 267 g/mol. The molecule has 0 aromatic heterocycles. The largest absolute Gasteiger partial charge is 0.392 e. The first-order valence-electron chi connectivity index (χ1n) is 4.45. The highest BCUT2D eigenvalue weighted by Gasteiger charge is 2.18. The molecule has 0 spiro atoms. The fraction of sp³-hybridized carbons (Fsp3) is 0.333. The molecule has 16 heavy (non-hydrogen) atoms. The number of hydrogen-bond donors (Lipinski definition) is 2. The molecule has 0 saturated heterocycles. The third-order valence-electron chi connectivity index (χ3n) is 1.75. The third-order valence-corrected chi connectivity index (χ3v) is 3.66. The van der Waals surface area contributed by atoms with E-state index in [4.69, 9.17) is 16.7 Å². The molecule has 1 aromatic carbocycles. The van der Waals surface area contributed by atoms with E-state index in [-0.39, 0.29) is 16.5 Å². The van der Waals surface area contributed by atoms with Crippen molar-refractivity contribution in [2.75, 3.05) is 6.54 Å². The lowest BCUT2D eigenvalue weighted by molar-refractivity contribution is 0.198. The topological polar surface area (TPSA) is 66.4 Å². The predicted molar refractivity (Wildman–Crippen MR) is 58.3 cm³/mol. The summed E-state index contributed by atoms with van der Waals surface area (Å²) in [6, 6.07) is 2.99. The van der Waals surface area contributed by atoms with Crippen molar-refractivity contribution in [1.82, 2.24) is 4.72 Å². The van der Waals surface area contributed by atoms with Crippen molar-refractivity contribution in [3.05, 3.63) is 29.0 Å². The molecule has 0 aliphatic carbocycles. The summed E-state index contributed by atoms with van der Waals surface area (Å²) in [5.41, 5.74) is 0. The number of aliphatic hydroxyl groups excluding tert-OH is 1. The highest BCUT2D eigenvalue weighted by Crippen LogP contribution is 2.21. The van der Waals surface area contributed by atoms with Gasteiger partial charge in [0.2, 0.25) is 10.0 Å². The fourth-order valence-electron chi connectivity index (χ4n) is 1.00. The van der Waals surface area contributed by atoms with Gasteiger partial charge in [0.25, 0.3) is 0 Å². The van der Waals surface area contributed by atoms with E-state index in [1.54, 1.807) is 0 Å². The Hall–Kier alpha value is -0.690. The second kappa shape index (κ2) is 5.09. The Kier molecular flexibility index (Phi) is 4.26. The van der Waals surface area contributed by atoms with Gasteiger partial charge < -0.3 is 5.11 Å². The minimum Gasteiger partial charge on any atom is -0.392 e. The molecule has 0 bridgehead atoms. The second-order valence-corrected chi connectivity index (χ2v) is 5.42. The molecule has 1 aromatic rings. The molecular weight excluding hydrogens is 257 g/mol. The Morgan fingerprint density at radius 2 is 2.19 bits per heavy atom. The van der Waals surface area contributed by atoms with Crippen molar-refractivity contribution in [3.8, 4) is 0 Å². The summed E-state index contributed by atoms with van der Waals surface area (Å²) in [4.78, 5) is -0.212. The van der Waals surface area contributed by atoms with Crippen LogP contribution in [0.15, 0.2) is 23.1 Å². The van der Waals surface area contributed by atoms with Crippen LogP contribution in [0.1, 0.15) is 6.92 Å². The Morgan fingerprint density at radius 3 is 2.69 bits per heavy atom. The van der Waals surface area contributed by atoms with E-state index in [0.29, 0.717) is 0 Å². The van der Waals surface area contributed by atoms with Crippen molar-refractivity contribution < 1.29 is 17.9 Å². The van der Waals surface area contributed by atoms with Crippen LogP contribution < -0.4 is 4.72 Å². The number of nitrogens with one attached hydrogen (secondary N) is 1. The van der Waals surface area contributed by atoms with Gasteiger partial charge in [0.15, 0.2) is 0 Å². The van der Waals surface area contributed by atoms with Crippen LogP contribution >= 0.6 is 11.6 Å². The number of benzene rings is 1. The summed E-state index contributed by atoms with van der Waals surface area (Å²) in [6.45, 7) is 1.31. The van der Waals surface area contributed by atoms with Gasteiger partial charge in [-0.25, -0.2) is 17.5 Å². The van der Waals surface area contributed by atoms with Crippen LogP contribution in [0.25, 0.3) is 0 Å². The molecule has 0 amide bonds. The number of halogens is 2. The van der Waals surface area contributed by atoms with Crippen LogP contribution in [0, 0.1) is 5.82 Å². The van der Waals surface area contributed by atoms with Gasteiger partial charge in [-0.1, -0.05) is 11.6 Å². The van der Waals surface area contributed by atoms with Gasteiger partial charge in [0, 0.05) is 6.54 Å². The van der Waals surface area contributed by atoms with Crippen LogP contribution in [-0.4, -0.2) is 26.2 Å². The van der Waals surface area contributed by atoms with Crippen molar-refractivity contribution in [3.63, 3.8) is 0 Å². The lowest BCUT2D eigenvalue weighted by Gasteiger charge is -2.09. The standard InChI is InChI=1S/C9H11ClFNO3S/c1-6(13)5-12-16(14,15)9-3-2-7(11)4-8(9)10/h2-4,6,12-13H,5H2,1H3. The molecular formula is C9H11ClFNO3S. The van der Waals surface area contributed by atoms with Crippen LogP contribution in [0.2, 0.25) is 5.02 Å². The Bertz CT molecular complexity index is 476. The summed E-state index contributed by atoms with van der Waals surface area (Å²) >= 11 is 5.61. The maximum Gasteiger partial charge on any atom is 0.242 e. The van der Waals surface area contributed by atoms with E-state index >= 15 is 0 Å². The van der Waals surface area contributed by atoms with Crippen LogP contribution in [0.4, 0.5) is 4.39 Å². The van der Waals surface area contributed by atoms with Crippen molar-refractivity contribution >= 4 is 21.6 Å². The fourth-order valence-corrected chi connectivity index (χ4v) is 2.65. The first kappa shape index (κ1) is 13.4. The lowest BCUT2D eigenvalue weighted by Crippen LogP contribution is -2.30. The highest BCUT2D eigenvalue weighted by molar-refractivity contribution is 7.89. The van der Waals surface area contributed by atoms with Gasteiger partial charge in [0.1, 0.15) is 10.7 Å². The van der Waals surface area contributed by atoms with Gasteiger partial charge in [-0.15, -0.1) is 0 Å². The van der Waals surface area contributed by atoms with E-state index in [9.17, 15) is 12.8 Å². The van der Waals surface area contributed by atoms with Crippen LogP contribution in [-0.2, 0) is 10.0 Å². The summed E-state index contributed by atoms with van der Waals surface area (Å²) in [5.74, 6) is -0.612. The van der Waals surface area contributed by atoms with Gasteiger partial charge in [0.05, 0.1) is 11.1 Å². The summed E-state index contributed by atoms with van der Waals surface area (Å²) in [6.07, 6.45) is -0.811. The molecule has 2 N–H and O–H groups in total. The molecule has 4 nitrogen and oxygen atoms in total. The zero-order valence-corrected chi connectivity index (χ0v) is 10.0. The van der Waals surface area contributed by atoms with Crippen molar-refractivity contribution in [2.45, 2.75) is 17.9 Å². The van der Waals surface area contributed by atoms with Gasteiger partial charge in [-0.05, 0) is 25.1 Å². The summed E-state index contributed by atoms with van der Waals surface area (Å²) < 4.78 is 38.1. The minimum atomic E-state index is -3.81. The van der Waals surface area contributed by atoms with Crippen LogP contribution in [0.5, 0.6) is 0 Å². The zero-order chi connectivity index (χ0) is 12.3. The van der Waals surface area contributed by atoms with Crippen molar-refractivity contribution in [1.29, 1.82) is 0 Å². The smallest absolute Gasteiger partial charge is 0.242 e. The van der Waals surface area contributed by atoms with Gasteiger partial charge >= 0.3 is 0 Å². The number of aliphatic hydroxyl groups is 1. The average molecular weight is 268 g/mol. The second-order valence-electron chi connectivity index (χ2n) is 3.28. The molecule has 0 saturated carbocycles. The van der Waals surface area contributed by atoms with Gasteiger partial charge in [-0.2, -0.15) is 0 Å². The third kappa shape index (κ3) is 3.41. The van der Waals surface area contributed by atoms with E-state index < -0.39 is 21.9 Å². The maximum atomic E-state index is 12.7. The summed E-state index contributed by atoms with van der Waals surface area (Å²) in [5, 5.41) is 8.76. The molecule has 0 aliphatic heterocycles. The molecule has 1 unspecified atom stereocenters. The quantitative estimate of drug-likeness (QED) is 0.860. The Labute approximate surface area is 98.1 Å². The summed E-state index contributed by atoms with van der Waals surface area (Å²) in [7, 11) is -3.81. The molecule has 0 radical (unpaired) electrons. The Balaban J connectivity index is 2.99. The maximum absolute atomic E-state index is 12.7. The van der Waals surface area contributed by atoms with Crippen LogP contribution in [0.3, 0.4) is 0 Å². The first-order chi connectivity index (χ1) is 7.33. The minimum absolute atomic E-state index is 0.129. The molecule has 0 fully saturated rings. The van der Waals surface area contributed by atoms with E-state index in [1.807, 2.05) is 0 Å². The molecule has 0 aliphatic rings. The normalized spacial score (nSPS) is 13.8. The highest BCUT2D eigenvalue weighted by atomic mass is 35.5. The zero-order valence-electron chi connectivity index (χ0n) is 8.44. The van der Waals surface area contributed by atoms with E-state index in [2.05, 4.69) is 4.72 Å². The molecule has 90 valence electrons. The predicted octanol–water partition coefficient (Wildman–Crippen LogP) is 1.14. The lowest BCUT2D eigenvalue weighted by atomic mass is 10.3. The number of sulfonamides is 1. The van der Waals surface area contributed by atoms with E-state index in [0.717, 1.165) is 18.2 Å². The van der Waals surface area contributed by atoms with E-state index in [1.165, 1.54) is 6.92 Å². The average Bonchev–Trinajstić information content (AvgIpc) is 2.14. The molecule has 1 atom stereocenters. The number of hydrogen-bond acceptors (Lipinski definition) is 3. The molecule has 1 rings (SSSR count). The van der Waals surface area contributed by atoms with Gasteiger partial charge in [-0.3, -0.25) is 0 Å². The first-order valence-corrected chi connectivity index (χ1v) is 6.32.